The molecule has 19 heavy (non-hydrogen) atoms. The molecule has 2 heterocycles. The Hall–Kier alpha value is -0.990. The van der Waals surface area contributed by atoms with E-state index in [1.807, 2.05) is 0 Å². The second kappa shape index (κ2) is 6.97. The quantitative estimate of drug-likeness (QED) is 0.619. The van der Waals surface area contributed by atoms with Crippen LogP contribution in [0.2, 0.25) is 0 Å². The van der Waals surface area contributed by atoms with Gasteiger partial charge in [0.05, 0.1) is 5.88 Å². The van der Waals surface area contributed by atoms with Crippen molar-refractivity contribution < 1.29 is 14.7 Å². The van der Waals surface area contributed by atoms with E-state index in [-0.39, 0.29) is 6.03 Å². The Labute approximate surface area is 116 Å². The molecule has 108 valence electrons. The van der Waals surface area contributed by atoms with Gasteiger partial charge in [0, 0.05) is 45.0 Å². The van der Waals surface area contributed by atoms with Gasteiger partial charge >= 0.3 is 12.0 Å². The van der Waals surface area contributed by atoms with E-state index in [0.717, 1.165) is 32.7 Å². The third kappa shape index (κ3) is 3.99. The minimum Gasteiger partial charge on any atom is -0.480 e. The molecule has 2 aliphatic rings. The molecule has 0 radical (unpaired) electrons. The van der Waals surface area contributed by atoms with E-state index in [2.05, 4.69) is 15.5 Å². The van der Waals surface area contributed by atoms with Crippen molar-refractivity contribution in [2.24, 2.45) is 0 Å². The summed E-state index contributed by atoms with van der Waals surface area (Å²) in [6, 6.07) is -0.961. The summed E-state index contributed by atoms with van der Waals surface area (Å²) in [5.41, 5.74) is 0. The first kappa shape index (κ1) is 14.4. The highest BCUT2D eigenvalue weighted by atomic mass is 32.2. The second-order valence-electron chi connectivity index (χ2n) is 4.65. The number of nitrogens with zero attached hydrogens (tertiary/aromatic N) is 2. The Balaban J connectivity index is 1.70. The zero-order valence-electron chi connectivity index (χ0n) is 10.8. The molecule has 0 aromatic carbocycles. The lowest BCUT2D eigenvalue weighted by atomic mass is 10.3. The third-order valence-corrected chi connectivity index (χ3v) is 4.35. The second-order valence-corrected chi connectivity index (χ2v) is 5.65. The Morgan fingerprint density at radius 3 is 2.79 bits per heavy atom. The standard InChI is InChI=1S/C11H20N4O3S/c16-10(17)9-7-19-8-15(9)11(18)13-3-6-14-4-1-12-2-5-14/h9,12H,1-8H2,(H,13,18)(H,16,17)/t9-/m0/s1. The number of urea groups is 1. The normalized spacial score (nSPS) is 24.4. The molecule has 0 saturated carbocycles. The largest absolute Gasteiger partial charge is 0.480 e. The summed E-state index contributed by atoms with van der Waals surface area (Å²) in [4.78, 5) is 26.6. The highest BCUT2D eigenvalue weighted by molar-refractivity contribution is 7.99. The molecule has 1 atom stereocenters. The van der Waals surface area contributed by atoms with Gasteiger partial charge in [-0.05, 0) is 0 Å². The molecular formula is C11H20N4O3S. The average molecular weight is 288 g/mol. The lowest BCUT2D eigenvalue weighted by Gasteiger charge is -2.27. The lowest BCUT2D eigenvalue weighted by molar-refractivity contribution is -0.140. The minimum absolute atomic E-state index is 0.271. The maximum absolute atomic E-state index is 11.9. The van der Waals surface area contributed by atoms with E-state index in [0.29, 0.717) is 18.2 Å². The van der Waals surface area contributed by atoms with Crippen LogP contribution in [0, 0.1) is 0 Å². The molecule has 0 bridgehead atoms. The van der Waals surface area contributed by atoms with Gasteiger partial charge < -0.3 is 20.6 Å². The van der Waals surface area contributed by atoms with Crippen LogP contribution in [0.3, 0.4) is 0 Å². The van der Waals surface area contributed by atoms with Crippen LogP contribution in [-0.2, 0) is 4.79 Å². The van der Waals surface area contributed by atoms with Gasteiger partial charge in [-0.25, -0.2) is 9.59 Å². The molecule has 2 amide bonds. The van der Waals surface area contributed by atoms with Gasteiger partial charge in [-0.1, -0.05) is 0 Å². The number of rotatable bonds is 4. The molecule has 3 N–H and O–H groups in total. The van der Waals surface area contributed by atoms with Gasteiger partial charge in [-0.3, -0.25) is 4.90 Å². The van der Waals surface area contributed by atoms with Crippen LogP contribution in [0.5, 0.6) is 0 Å². The molecule has 2 fully saturated rings. The minimum atomic E-state index is -0.928. The molecule has 2 rings (SSSR count). The van der Waals surface area contributed by atoms with Gasteiger partial charge in [0.15, 0.2) is 0 Å². The highest BCUT2D eigenvalue weighted by Crippen LogP contribution is 2.20. The zero-order valence-corrected chi connectivity index (χ0v) is 11.6. The first-order valence-corrected chi connectivity index (χ1v) is 7.62. The van der Waals surface area contributed by atoms with E-state index in [9.17, 15) is 9.59 Å². The van der Waals surface area contributed by atoms with E-state index in [4.69, 9.17) is 5.11 Å². The van der Waals surface area contributed by atoms with Crippen molar-refractivity contribution in [1.29, 1.82) is 0 Å². The van der Waals surface area contributed by atoms with Gasteiger partial charge in [-0.2, -0.15) is 0 Å². The number of thioether (sulfide) groups is 1. The van der Waals surface area contributed by atoms with Crippen LogP contribution in [-0.4, -0.2) is 83.8 Å². The monoisotopic (exact) mass is 288 g/mol. The maximum atomic E-state index is 11.9. The van der Waals surface area contributed by atoms with Crippen molar-refractivity contribution in [3.05, 3.63) is 0 Å². The number of carbonyl (C=O) groups is 2. The van der Waals surface area contributed by atoms with Crippen LogP contribution < -0.4 is 10.6 Å². The average Bonchev–Trinajstić information content (AvgIpc) is 2.89. The van der Waals surface area contributed by atoms with E-state index in [1.54, 1.807) is 0 Å². The number of carboxylic acids is 1. The number of hydrogen-bond acceptors (Lipinski definition) is 5. The van der Waals surface area contributed by atoms with E-state index >= 15 is 0 Å². The number of amides is 2. The molecule has 0 aliphatic carbocycles. The number of nitrogens with one attached hydrogen (secondary N) is 2. The van der Waals surface area contributed by atoms with Gasteiger partial charge in [0.1, 0.15) is 6.04 Å². The molecule has 0 unspecified atom stereocenters. The topological polar surface area (TPSA) is 84.9 Å². The summed E-state index contributed by atoms with van der Waals surface area (Å²) in [5, 5.41) is 15.1. The van der Waals surface area contributed by atoms with Crippen molar-refractivity contribution >= 4 is 23.8 Å². The van der Waals surface area contributed by atoms with Gasteiger partial charge in [-0.15, -0.1) is 11.8 Å². The zero-order chi connectivity index (χ0) is 13.7. The third-order valence-electron chi connectivity index (χ3n) is 3.34. The highest BCUT2D eigenvalue weighted by Gasteiger charge is 2.34. The SMILES string of the molecule is O=C(O)[C@@H]1CSCN1C(=O)NCCN1CCNCC1. The number of carbonyl (C=O) groups excluding carboxylic acids is 1. The molecule has 2 saturated heterocycles. The van der Waals surface area contributed by atoms with Gasteiger partial charge in [0.25, 0.3) is 0 Å². The number of aliphatic carboxylic acids is 1. The van der Waals surface area contributed by atoms with Crippen LogP contribution in [0.15, 0.2) is 0 Å². The Bertz CT molecular complexity index is 336. The molecule has 7 nitrogen and oxygen atoms in total. The molecule has 0 aromatic heterocycles. The van der Waals surface area contributed by atoms with Crippen molar-refractivity contribution in [1.82, 2.24) is 20.4 Å². The molecule has 0 spiro atoms. The fourth-order valence-corrected chi connectivity index (χ4v) is 3.35. The van der Waals surface area contributed by atoms with Crippen LogP contribution in [0.1, 0.15) is 0 Å². The molecule has 0 aromatic rings. The van der Waals surface area contributed by atoms with Gasteiger partial charge in [0.2, 0.25) is 0 Å². The summed E-state index contributed by atoms with van der Waals surface area (Å²) >= 11 is 1.47. The van der Waals surface area contributed by atoms with Crippen molar-refractivity contribution in [2.75, 3.05) is 50.9 Å². The smallest absolute Gasteiger partial charge is 0.327 e. The van der Waals surface area contributed by atoms with Crippen molar-refractivity contribution in [3.8, 4) is 0 Å². The maximum Gasteiger partial charge on any atom is 0.327 e. The van der Waals surface area contributed by atoms with Crippen LogP contribution in [0.25, 0.3) is 0 Å². The van der Waals surface area contributed by atoms with E-state index < -0.39 is 12.0 Å². The summed E-state index contributed by atoms with van der Waals surface area (Å²) in [6.45, 7) is 5.33. The summed E-state index contributed by atoms with van der Waals surface area (Å²) in [5.74, 6) is -0.000906. The summed E-state index contributed by atoms with van der Waals surface area (Å²) in [7, 11) is 0. The number of hydrogen-bond donors (Lipinski definition) is 3. The molecular weight excluding hydrogens is 268 g/mol. The first-order valence-electron chi connectivity index (χ1n) is 6.46. The number of carboxylic acid groups (broad SMARTS) is 1. The Morgan fingerprint density at radius 1 is 1.37 bits per heavy atom. The van der Waals surface area contributed by atoms with Crippen molar-refractivity contribution in [3.63, 3.8) is 0 Å². The first-order chi connectivity index (χ1) is 9.18. The fourth-order valence-electron chi connectivity index (χ4n) is 2.20. The summed E-state index contributed by atoms with van der Waals surface area (Å²) in [6.07, 6.45) is 0. The Kier molecular flexibility index (Phi) is 5.29. The predicted molar refractivity (Wildman–Crippen MR) is 73.3 cm³/mol. The number of piperazine rings is 1. The summed E-state index contributed by atoms with van der Waals surface area (Å²) < 4.78 is 0. The van der Waals surface area contributed by atoms with Crippen LogP contribution in [0.4, 0.5) is 4.79 Å². The van der Waals surface area contributed by atoms with Crippen molar-refractivity contribution in [2.45, 2.75) is 6.04 Å². The molecule has 8 heteroatoms. The fraction of sp³-hybridized carbons (Fsp3) is 0.818. The molecule has 2 aliphatic heterocycles. The lowest BCUT2D eigenvalue weighted by Crippen LogP contribution is -2.50. The van der Waals surface area contributed by atoms with Crippen LogP contribution >= 0.6 is 11.8 Å². The Morgan fingerprint density at radius 2 is 2.11 bits per heavy atom. The van der Waals surface area contributed by atoms with E-state index in [1.165, 1.54) is 16.7 Å². The predicted octanol–water partition coefficient (Wildman–Crippen LogP) is -0.939.